The Labute approximate surface area is 124 Å². The third-order valence-corrected chi connectivity index (χ3v) is 3.78. The molecule has 21 heavy (non-hydrogen) atoms. The average molecular weight is 291 g/mol. The van der Waals surface area contributed by atoms with E-state index in [9.17, 15) is 9.59 Å². The number of carboxylic acid groups (broad SMARTS) is 1. The average Bonchev–Trinajstić information content (AvgIpc) is 2.95. The molecule has 0 aromatic heterocycles. The fourth-order valence-corrected chi connectivity index (χ4v) is 2.39. The smallest absolute Gasteiger partial charge is 0.308 e. The molecule has 1 aromatic rings. The van der Waals surface area contributed by atoms with Gasteiger partial charge in [-0.1, -0.05) is 26.0 Å². The van der Waals surface area contributed by atoms with Gasteiger partial charge in [-0.05, 0) is 30.0 Å². The predicted molar refractivity (Wildman–Crippen MR) is 78.3 cm³/mol. The maximum absolute atomic E-state index is 12.0. The zero-order valence-electron chi connectivity index (χ0n) is 12.4. The molecule has 0 spiro atoms. The fraction of sp³-hybridized carbons (Fsp3) is 0.500. The second-order valence-electron chi connectivity index (χ2n) is 5.68. The molecule has 1 heterocycles. The van der Waals surface area contributed by atoms with Crippen LogP contribution in [0.3, 0.4) is 0 Å². The first kappa shape index (κ1) is 15.4. The quantitative estimate of drug-likeness (QED) is 0.902. The second kappa shape index (κ2) is 6.61. The highest BCUT2D eigenvalue weighted by atomic mass is 16.5. The van der Waals surface area contributed by atoms with Crippen molar-refractivity contribution < 1.29 is 19.4 Å². The Morgan fingerprint density at radius 3 is 2.81 bits per heavy atom. The van der Waals surface area contributed by atoms with Crippen LogP contribution in [0.2, 0.25) is 0 Å². The van der Waals surface area contributed by atoms with E-state index in [1.807, 2.05) is 24.3 Å². The number of carboxylic acids is 1. The second-order valence-corrected chi connectivity index (χ2v) is 5.68. The summed E-state index contributed by atoms with van der Waals surface area (Å²) < 4.78 is 5.53. The van der Waals surface area contributed by atoms with Gasteiger partial charge in [-0.2, -0.15) is 0 Å². The molecule has 5 heteroatoms. The fourth-order valence-electron chi connectivity index (χ4n) is 2.39. The Morgan fingerprint density at radius 1 is 1.43 bits per heavy atom. The van der Waals surface area contributed by atoms with Crippen molar-refractivity contribution in [1.82, 2.24) is 4.90 Å². The molecule has 5 nitrogen and oxygen atoms in total. The lowest BCUT2D eigenvalue weighted by Gasteiger charge is -2.16. The van der Waals surface area contributed by atoms with Crippen LogP contribution in [0.15, 0.2) is 24.3 Å². The van der Waals surface area contributed by atoms with Crippen molar-refractivity contribution >= 4 is 11.9 Å². The Balaban J connectivity index is 1.87. The van der Waals surface area contributed by atoms with Gasteiger partial charge in [0, 0.05) is 13.1 Å². The zero-order valence-corrected chi connectivity index (χ0v) is 12.4. The minimum atomic E-state index is -0.837. The Morgan fingerprint density at radius 2 is 2.19 bits per heavy atom. The molecule has 1 aromatic carbocycles. The highest BCUT2D eigenvalue weighted by Crippen LogP contribution is 2.21. The number of hydrogen-bond acceptors (Lipinski definition) is 3. The molecule has 2 rings (SSSR count). The molecule has 0 bridgehead atoms. The van der Waals surface area contributed by atoms with Gasteiger partial charge in [0.05, 0.1) is 5.92 Å². The summed E-state index contributed by atoms with van der Waals surface area (Å²) in [6.45, 7) is 4.92. The summed E-state index contributed by atoms with van der Waals surface area (Å²) >= 11 is 0. The molecule has 114 valence electrons. The third kappa shape index (κ3) is 3.97. The van der Waals surface area contributed by atoms with Crippen LogP contribution in [0.25, 0.3) is 0 Å². The van der Waals surface area contributed by atoms with Gasteiger partial charge in [-0.3, -0.25) is 9.59 Å². The molecule has 1 aliphatic heterocycles. The van der Waals surface area contributed by atoms with E-state index in [0.29, 0.717) is 24.6 Å². The van der Waals surface area contributed by atoms with Crippen LogP contribution in [0, 0.1) is 5.92 Å². The number of likely N-dealkylation sites (tertiary alicyclic amines) is 1. The van der Waals surface area contributed by atoms with Crippen LogP contribution in [-0.2, 0) is 9.59 Å². The molecule has 1 unspecified atom stereocenters. The number of nitrogens with zero attached hydrogens (tertiary/aromatic N) is 1. The van der Waals surface area contributed by atoms with Gasteiger partial charge >= 0.3 is 5.97 Å². The van der Waals surface area contributed by atoms with Crippen LogP contribution in [0.1, 0.15) is 31.7 Å². The number of carbonyl (C=O) groups excluding carboxylic acids is 1. The van der Waals surface area contributed by atoms with Crippen molar-refractivity contribution in [3.8, 4) is 5.75 Å². The maximum Gasteiger partial charge on any atom is 0.308 e. The van der Waals surface area contributed by atoms with Crippen LogP contribution < -0.4 is 4.74 Å². The van der Waals surface area contributed by atoms with E-state index in [1.165, 1.54) is 0 Å². The zero-order chi connectivity index (χ0) is 15.4. The monoisotopic (exact) mass is 291 g/mol. The molecule has 1 aliphatic rings. The first-order valence-corrected chi connectivity index (χ1v) is 7.20. The topological polar surface area (TPSA) is 66.8 Å². The number of amides is 1. The van der Waals surface area contributed by atoms with E-state index in [1.54, 1.807) is 4.90 Å². The van der Waals surface area contributed by atoms with Gasteiger partial charge in [-0.25, -0.2) is 0 Å². The third-order valence-electron chi connectivity index (χ3n) is 3.78. The molecule has 0 saturated carbocycles. The first-order valence-electron chi connectivity index (χ1n) is 7.20. The van der Waals surface area contributed by atoms with E-state index in [2.05, 4.69) is 13.8 Å². The number of rotatable bonds is 5. The number of hydrogen-bond donors (Lipinski definition) is 1. The van der Waals surface area contributed by atoms with E-state index in [-0.39, 0.29) is 19.1 Å². The maximum atomic E-state index is 12.0. The van der Waals surface area contributed by atoms with Crippen molar-refractivity contribution in [1.29, 1.82) is 0 Å². The van der Waals surface area contributed by atoms with Gasteiger partial charge < -0.3 is 14.7 Å². The molecule has 1 saturated heterocycles. The van der Waals surface area contributed by atoms with Crippen molar-refractivity contribution in [2.75, 3.05) is 19.7 Å². The van der Waals surface area contributed by atoms with E-state index >= 15 is 0 Å². The van der Waals surface area contributed by atoms with Gasteiger partial charge in [0.2, 0.25) is 0 Å². The number of aliphatic carboxylic acids is 1. The summed E-state index contributed by atoms with van der Waals surface area (Å²) in [4.78, 5) is 24.5. The lowest BCUT2D eigenvalue weighted by Crippen LogP contribution is -2.33. The highest BCUT2D eigenvalue weighted by molar-refractivity contribution is 5.80. The molecule has 1 amide bonds. The lowest BCUT2D eigenvalue weighted by molar-refractivity contribution is -0.141. The summed E-state index contributed by atoms with van der Waals surface area (Å²) in [5, 5.41) is 8.93. The van der Waals surface area contributed by atoms with E-state index in [0.717, 1.165) is 5.56 Å². The molecule has 1 N–H and O–H groups in total. The Hall–Kier alpha value is -2.04. The van der Waals surface area contributed by atoms with Gasteiger partial charge in [0.1, 0.15) is 5.75 Å². The Kier molecular flexibility index (Phi) is 4.83. The van der Waals surface area contributed by atoms with Gasteiger partial charge in [-0.15, -0.1) is 0 Å². The summed E-state index contributed by atoms with van der Waals surface area (Å²) in [6, 6.07) is 7.69. The summed E-state index contributed by atoms with van der Waals surface area (Å²) in [7, 11) is 0. The first-order chi connectivity index (χ1) is 9.97. The van der Waals surface area contributed by atoms with Crippen molar-refractivity contribution in [2.45, 2.75) is 26.2 Å². The number of ether oxygens (including phenoxy) is 1. The summed E-state index contributed by atoms with van der Waals surface area (Å²) in [5.74, 6) is -0.370. The van der Waals surface area contributed by atoms with Crippen LogP contribution >= 0.6 is 0 Å². The number of benzene rings is 1. The largest absolute Gasteiger partial charge is 0.484 e. The summed E-state index contributed by atoms with van der Waals surface area (Å²) in [6.07, 6.45) is 0.518. The van der Waals surface area contributed by atoms with Gasteiger partial charge in [0.15, 0.2) is 6.61 Å². The molecule has 1 fully saturated rings. The molecule has 0 aliphatic carbocycles. The standard InChI is InChI=1S/C16H21NO4/c1-11(2)12-4-3-5-14(8-12)21-10-15(18)17-7-6-13(9-17)16(19)20/h3-5,8,11,13H,6-7,9-10H2,1-2H3,(H,19,20). The SMILES string of the molecule is CC(C)c1cccc(OCC(=O)N2CCC(C(=O)O)C2)c1. The predicted octanol–water partition coefficient (Wildman–Crippen LogP) is 2.12. The lowest BCUT2D eigenvalue weighted by atomic mass is 10.0. The van der Waals surface area contributed by atoms with Crippen molar-refractivity contribution in [3.05, 3.63) is 29.8 Å². The molecule has 1 atom stereocenters. The van der Waals surface area contributed by atoms with Crippen LogP contribution in [0.4, 0.5) is 0 Å². The molecular formula is C16H21NO4. The van der Waals surface area contributed by atoms with Crippen molar-refractivity contribution in [2.24, 2.45) is 5.92 Å². The normalized spacial score (nSPS) is 18.0. The Bertz CT molecular complexity index is 527. The molecule has 0 radical (unpaired) electrons. The molecular weight excluding hydrogens is 270 g/mol. The summed E-state index contributed by atoms with van der Waals surface area (Å²) in [5.41, 5.74) is 1.16. The minimum absolute atomic E-state index is 0.0477. The van der Waals surface area contributed by atoms with Crippen LogP contribution in [0.5, 0.6) is 5.75 Å². The minimum Gasteiger partial charge on any atom is -0.484 e. The van der Waals surface area contributed by atoms with Crippen LogP contribution in [-0.4, -0.2) is 41.6 Å². The van der Waals surface area contributed by atoms with E-state index in [4.69, 9.17) is 9.84 Å². The van der Waals surface area contributed by atoms with Crippen molar-refractivity contribution in [3.63, 3.8) is 0 Å². The van der Waals surface area contributed by atoms with E-state index < -0.39 is 11.9 Å². The highest BCUT2D eigenvalue weighted by Gasteiger charge is 2.30. The van der Waals surface area contributed by atoms with Gasteiger partial charge in [0.25, 0.3) is 5.91 Å². The number of carbonyl (C=O) groups is 2.